The molecule has 1 saturated heterocycles. The van der Waals surface area contributed by atoms with Crippen LogP contribution in [0.4, 0.5) is 4.39 Å². The molecule has 1 aliphatic rings. The number of carbonyl (C=O) groups excluding carboxylic acids is 2. The van der Waals surface area contributed by atoms with Crippen LogP contribution in [0.3, 0.4) is 0 Å². The van der Waals surface area contributed by atoms with Crippen molar-refractivity contribution < 1.29 is 14.0 Å². The highest BCUT2D eigenvalue weighted by molar-refractivity contribution is 6.32. The maximum absolute atomic E-state index is 13.9. The number of rotatable bonds is 3. The lowest BCUT2D eigenvalue weighted by Gasteiger charge is -2.34. The van der Waals surface area contributed by atoms with Gasteiger partial charge in [-0.3, -0.25) is 9.59 Å². The fraction of sp³-hybridized carbons (Fsp3) is 0.238. The van der Waals surface area contributed by atoms with Crippen LogP contribution in [0.15, 0.2) is 48.5 Å². The minimum atomic E-state index is -0.550. The molecule has 0 atom stereocenters. The van der Waals surface area contributed by atoms with Crippen LogP contribution in [0, 0.1) is 12.7 Å². The molecule has 0 saturated carbocycles. The molecule has 30 heavy (non-hydrogen) atoms. The van der Waals surface area contributed by atoms with Gasteiger partial charge in [-0.15, -0.1) is 5.10 Å². The lowest BCUT2D eigenvalue weighted by Crippen LogP contribution is -2.51. The zero-order valence-corrected chi connectivity index (χ0v) is 17.0. The molecule has 0 bridgehead atoms. The number of para-hydroxylation sites is 1. The third-order valence-electron chi connectivity index (χ3n) is 5.00. The molecule has 7 nitrogen and oxygen atoms in total. The first-order chi connectivity index (χ1) is 14.5. The van der Waals surface area contributed by atoms with Gasteiger partial charge in [-0.25, -0.2) is 14.1 Å². The van der Waals surface area contributed by atoms with E-state index in [0.29, 0.717) is 42.7 Å². The Morgan fingerprint density at radius 3 is 2.20 bits per heavy atom. The van der Waals surface area contributed by atoms with Gasteiger partial charge in [0.1, 0.15) is 11.6 Å². The van der Waals surface area contributed by atoms with Gasteiger partial charge in [0.15, 0.2) is 0 Å². The van der Waals surface area contributed by atoms with Crippen molar-refractivity contribution in [3.63, 3.8) is 0 Å². The first-order valence-electron chi connectivity index (χ1n) is 9.47. The molecule has 0 aliphatic carbocycles. The molecular formula is C21H19ClFN5O2. The van der Waals surface area contributed by atoms with Crippen LogP contribution >= 0.6 is 11.6 Å². The van der Waals surface area contributed by atoms with Crippen molar-refractivity contribution >= 4 is 23.4 Å². The Kier molecular flexibility index (Phi) is 5.50. The number of benzene rings is 2. The summed E-state index contributed by atoms with van der Waals surface area (Å²) in [5, 5.41) is 4.83. The maximum atomic E-state index is 13.9. The standard InChI is InChI=1S/C21H19ClFN5O2/c1-14-24-19(25-28(14)18-9-5-3-7-16(18)22)21(30)27-12-10-26(11-13-27)20(29)15-6-2-4-8-17(15)23/h2-9H,10-13H2,1H3. The van der Waals surface area contributed by atoms with E-state index in [4.69, 9.17) is 11.6 Å². The Morgan fingerprint density at radius 1 is 0.933 bits per heavy atom. The van der Waals surface area contributed by atoms with Crippen LogP contribution in [-0.4, -0.2) is 62.6 Å². The monoisotopic (exact) mass is 427 g/mol. The van der Waals surface area contributed by atoms with Gasteiger partial charge in [-0.2, -0.15) is 0 Å². The van der Waals surface area contributed by atoms with E-state index >= 15 is 0 Å². The maximum Gasteiger partial charge on any atom is 0.293 e. The van der Waals surface area contributed by atoms with Crippen molar-refractivity contribution in [1.29, 1.82) is 0 Å². The summed E-state index contributed by atoms with van der Waals surface area (Å²) in [6.07, 6.45) is 0. The van der Waals surface area contributed by atoms with Crippen molar-refractivity contribution in [2.75, 3.05) is 26.2 Å². The average molecular weight is 428 g/mol. The van der Waals surface area contributed by atoms with E-state index in [1.807, 2.05) is 12.1 Å². The van der Waals surface area contributed by atoms with Gasteiger partial charge in [-0.1, -0.05) is 35.9 Å². The number of carbonyl (C=O) groups is 2. The van der Waals surface area contributed by atoms with Gasteiger partial charge in [0.05, 0.1) is 16.3 Å². The summed E-state index contributed by atoms with van der Waals surface area (Å²) < 4.78 is 15.4. The third-order valence-corrected chi connectivity index (χ3v) is 5.32. The van der Waals surface area contributed by atoms with E-state index in [-0.39, 0.29) is 23.2 Å². The predicted octanol–water partition coefficient (Wildman–Crippen LogP) is 2.97. The lowest BCUT2D eigenvalue weighted by atomic mass is 10.1. The Balaban J connectivity index is 1.45. The van der Waals surface area contributed by atoms with E-state index in [2.05, 4.69) is 10.1 Å². The third kappa shape index (κ3) is 3.78. The van der Waals surface area contributed by atoms with Gasteiger partial charge in [-0.05, 0) is 31.2 Å². The molecule has 0 spiro atoms. The van der Waals surface area contributed by atoms with E-state index in [9.17, 15) is 14.0 Å². The van der Waals surface area contributed by atoms with Crippen molar-refractivity contribution in [3.8, 4) is 5.69 Å². The van der Waals surface area contributed by atoms with Gasteiger partial charge in [0.2, 0.25) is 5.82 Å². The minimum absolute atomic E-state index is 0.0352. The first-order valence-corrected chi connectivity index (χ1v) is 9.85. The topological polar surface area (TPSA) is 71.3 Å². The predicted molar refractivity (Wildman–Crippen MR) is 109 cm³/mol. The molecule has 154 valence electrons. The normalized spacial score (nSPS) is 14.1. The van der Waals surface area contributed by atoms with Crippen LogP contribution in [0.1, 0.15) is 26.8 Å². The molecule has 0 N–H and O–H groups in total. The van der Waals surface area contributed by atoms with Crippen molar-refractivity contribution in [1.82, 2.24) is 24.6 Å². The SMILES string of the molecule is Cc1nc(C(=O)N2CCN(C(=O)c3ccccc3F)CC2)nn1-c1ccccc1Cl. The number of aromatic nitrogens is 3. The molecule has 4 rings (SSSR count). The Morgan fingerprint density at radius 2 is 1.53 bits per heavy atom. The number of aryl methyl sites for hydroxylation is 1. The zero-order chi connectivity index (χ0) is 21.3. The molecule has 1 fully saturated rings. The molecule has 2 amide bonds. The van der Waals surface area contributed by atoms with Crippen molar-refractivity contribution in [2.45, 2.75) is 6.92 Å². The van der Waals surface area contributed by atoms with Crippen LogP contribution < -0.4 is 0 Å². The average Bonchev–Trinajstić information content (AvgIpc) is 3.15. The van der Waals surface area contributed by atoms with E-state index < -0.39 is 5.82 Å². The second-order valence-corrected chi connectivity index (χ2v) is 7.32. The summed E-state index contributed by atoms with van der Waals surface area (Å²) in [4.78, 5) is 32.8. The van der Waals surface area contributed by atoms with E-state index in [1.165, 1.54) is 16.8 Å². The second kappa shape index (κ2) is 8.23. The van der Waals surface area contributed by atoms with Crippen LogP contribution in [0.25, 0.3) is 5.69 Å². The quantitative estimate of drug-likeness (QED) is 0.644. The summed E-state index contributed by atoms with van der Waals surface area (Å²) in [6, 6.07) is 13.1. The summed E-state index contributed by atoms with van der Waals surface area (Å²) in [5.41, 5.74) is 0.677. The molecule has 9 heteroatoms. The Bertz CT molecular complexity index is 1110. The highest BCUT2D eigenvalue weighted by atomic mass is 35.5. The summed E-state index contributed by atoms with van der Waals surface area (Å²) in [6.45, 7) is 3.00. The fourth-order valence-corrected chi connectivity index (χ4v) is 3.61. The number of hydrogen-bond acceptors (Lipinski definition) is 4. The highest BCUT2D eigenvalue weighted by Gasteiger charge is 2.29. The molecular weight excluding hydrogens is 409 g/mol. The Hall–Kier alpha value is -3.26. The molecule has 0 radical (unpaired) electrons. The molecule has 0 unspecified atom stereocenters. The number of amides is 2. The lowest BCUT2D eigenvalue weighted by molar-refractivity contribution is 0.0526. The second-order valence-electron chi connectivity index (χ2n) is 6.91. The summed E-state index contributed by atoms with van der Waals surface area (Å²) in [5.74, 6) is -0.633. The molecule has 1 aromatic heterocycles. The number of halogens is 2. The van der Waals surface area contributed by atoms with Crippen LogP contribution in [0.5, 0.6) is 0 Å². The zero-order valence-electron chi connectivity index (χ0n) is 16.3. The molecule has 2 aromatic carbocycles. The Labute approximate surface area is 177 Å². The molecule has 2 heterocycles. The molecule has 3 aromatic rings. The largest absolute Gasteiger partial charge is 0.335 e. The van der Waals surface area contributed by atoms with Gasteiger partial charge < -0.3 is 9.80 Å². The van der Waals surface area contributed by atoms with Gasteiger partial charge >= 0.3 is 0 Å². The van der Waals surface area contributed by atoms with Crippen molar-refractivity contribution in [3.05, 3.63) is 76.6 Å². The minimum Gasteiger partial charge on any atom is -0.335 e. The smallest absolute Gasteiger partial charge is 0.293 e. The number of piperazine rings is 1. The first kappa shape index (κ1) is 20.0. The van der Waals surface area contributed by atoms with E-state index in [0.717, 1.165) is 0 Å². The number of nitrogens with zero attached hydrogens (tertiary/aromatic N) is 5. The van der Waals surface area contributed by atoms with Gasteiger partial charge in [0, 0.05) is 26.2 Å². The highest BCUT2D eigenvalue weighted by Crippen LogP contribution is 2.20. The van der Waals surface area contributed by atoms with E-state index in [1.54, 1.807) is 41.0 Å². The van der Waals surface area contributed by atoms with Crippen molar-refractivity contribution in [2.24, 2.45) is 0 Å². The fourth-order valence-electron chi connectivity index (χ4n) is 3.39. The molecule has 1 aliphatic heterocycles. The summed E-state index contributed by atoms with van der Waals surface area (Å²) in [7, 11) is 0. The summed E-state index contributed by atoms with van der Waals surface area (Å²) >= 11 is 6.23. The van der Waals surface area contributed by atoms with Gasteiger partial charge in [0.25, 0.3) is 11.8 Å². The van der Waals surface area contributed by atoms with Crippen LogP contribution in [-0.2, 0) is 0 Å². The van der Waals surface area contributed by atoms with Crippen LogP contribution in [0.2, 0.25) is 5.02 Å². The number of hydrogen-bond donors (Lipinski definition) is 0.